The van der Waals surface area contributed by atoms with Crippen molar-refractivity contribution in [3.05, 3.63) is 28.2 Å². The van der Waals surface area contributed by atoms with E-state index in [0.29, 0.717) is 12.3 Å². The molecule has 3 N–H and O–H groups in total. The minimum absolute atomic E-state index is 0.462. The third kappa shape index (κ3) is 5.19. The highest BCUT2D eigenvalue weighted by atomic mass is 32.2. The van der Waals surface area contributed by atoms with Crippen molar-refractivity contribution in [2.75, 3.05) is 11.6 Å². The number of alkyl halides is 3. The maximum atomic E-state index is 12.5. The molecule has 1 rings (SSSR count). The second-order valence-electron chi connectivity index (χ2n) is 4.23. The monoisotopic (exact) mass is 327 g/mol. The summed E-state index contributed by atoms with van der Waals surface area (Å²) in [7, 11) is -3.68. The smallest absolute Gasteiger partial charge is 0.327 e. The van der Waals surface area contributed by atoms with E-state index in [4.69, 9.17) is 0 Å². The SMILES string of the molecule is C[C@H](NS(C)(=O)=O)C(=O)Nc1cc(C(F)(F)F)c[nH]c1=O. The Hall–Kier alpha value is -1.88. The number of H-pyrrole nitrogens is 1. The van der Waals surface area contributed by atoms with Gasteiger partial charge in [0.2, 0.25) is 15.9 Å². The van der Waals surface area contributed by atoms with Gasteiger partial charge < -0.3 is 10.3 Å². The molecule has 0 saturated carbocycles. The van der Waals surface area contributed by atoms with Gasteiger partial charge in [-0.3, -0.25) is 9.59 Å². The summed E-state index contributed by atoms with van der Waals surface area (Å²) >= 11 is 0. The summed E-state index contributed by atoms with van der Waals surface area (Å²) in [4.78, 5) is 24.8. The molecule has 1 amide bonds. The molecule has 11 heteroatoms. The van der Waals surface area contributed by atoms with Gasteiger partial charge in [-0.2, -0.15) is 13.2 Å². The van der Waals surface area contributed by atoms with Crippen molar-refractivity contribution >= 4 is 21.6 Å². The topological polar surface area (TPSA) is 108 Å². The summed E-state index contributed by atoms with van der Waals surface area (Å²) in [5, 5.41) is 1.94. The Kier molecular flexibility index (Phi) is 4.79. The van der Waals surface area contributed by atoms with Crippen molar-refractivity contribution in [2.24, 2.45) is 0 Å². The molecule has 1 aromatic rings. The molecule has 118 valence electrons. The van der Waals surface area contributed by atoms with Crippen molar-refractivity contribution in [3.8, 4) is 0 Å². The lowest BCUT2D eigenvalue weighted by molar-refractivity contribution is -0.137. The number of aromatic amines is 1. The van der Waals surface area contributed by atoms with E-state index in [1.165, 1.54) is 6.92 Å². The highest BCUT2D eigenvalue weighted by Crippen LogP contribution is 2.29. The second-order valence-corrected chi connectivity index (χ2v) is 6.01. The number of carbonyl (C=O) groups is 1. The molecular formula is C10H12F3N3O4S. The first-order chi connectivity index (χ1) is 9.40. The van der Waals surface area contributed by atoms with E-state index in [2.05, 4.69) is 0 Å². The van der Waals surface area contributed by atoms with E-state index in [0.717, 1.165) is 6.26 Å². The molecule has 0 fully saturated rings. The molecule has 1 aromatic heterocycles. The first-order valence-electron chi connectivity index (χ1n) is 5.48. The van der Waals surface area contributed by atoms with Crippen molar-refractivity contribution in [3.63, 3.8) is 0 Å². The second kappa shape index (κ2) is 5.85. The van der Waals surface area contributed by atoms with Crippen LogP contribution in [-0.2, 0) is 21.0 Å². The van der Waals surface area contributed by atoms with Crippen LogP contribution in [0.5, 0.6) is 0 Å². The lowest BCUT2D eigenvalue weighted by Gasteiger charge is -2.13. The van der Waals surface area contributed by atoms with Crippen molar-refractivity contribution in [1.82, 2.24) is 9.71 Å². The Morgan fingerprint density at radius 3 is 2.43 bits per heavy atom. The number of hydrogen-bond donors (Lipinski definition) is 3. The highest BCUT2D eigenvalue weighted by molar-refractivity contribution is 7.88. The molecule has 0 aromatic carbocycles. The lowest BCUT2D eigenvalue weighted by Crippen LogP contribution is -2.41. The van der Waals surface area contributed by atoms with Gasteiger partial charge in [-0.15, -0.1) is 0 Å². The largest absolute Gasteiger partial charge is 0.417 e. The van der Waals surface area contributed by atoms with Crippen LogP contribution in [0.2, 0.25) is 0 Å². The Morgan fingerprint density at radius 1 is 1.38 bits per heavy atom. The number of amides is 1. The molecule has 0 saturated heterocycles. The van der Waals surface area contributed by atoms with Crippen LogP contribution in [0, 0.1) is 0 Å². The molecule has 0 radical (unpaired) electrons. The van der Waals surface area contributed by atoms with E-state index in [-0.39, 0.29) is 0 Å². The van der Waals surface area contributed by atoms with Gasteiger partial charge in [-0.1, -0.05) is 0 Å². The van der Waals surface area contributed by atoms with E-state index < -0.39 is 45.0 Å². The molecule has 21 heavy (non-hydrogen) atoms. The van der Waals surface area contributed by atoms with Gasteiger partial charge in [0.1, 0.15) is 5.69 Å². The van der Waals surface area contributed by atoms with E-state index in [1.807, 2.05) is 15.0 Å². The Balaban J connectivity index is 2.98. The fourth-order valence-corrected chi connectivity index (χ4v) is 2.11. The number of halogens is 3. The van der Waals surface area contributed by atoms with Crippen LogP contribution < -0.4 is 15.6 Å². The molecular weight excluding hydrogens is 315 g/mol. The third-order valence-corrected chi connectivity index (χ3v) is 3.05. The summed E-state index contributed by atoms with van der Waals surface area (Å²) in [6, 6.07) is -0.793. The van der Waals surface area contributed by atoms with Crippen LogP contribution in [0.25, 0.3) is 0 Å². The summed E-state index contributed by atoms with van der Waals surface area (Å²) in [6.45, 7) is 1.18. The summed E-state index contributed by atoms with van der Waals surface area (Å²) in [6.07, 6.45) is -3.41. The fraction of sp³-hybridized carbons (Fsp3) is 0.400. The molecule has 0 unspecified atom stereocenters. The Labute approximate surface area is 117 Å². The standard InChI is InChI=1S/C10H12F3N3O4S/c1-5(16-21(2,19)20)8(17)15-7-3-6(10(11,12)13)4-14-9(7)18/h3-5,16H,1-2H3,(H,14,18)(H,15,17)/t5-/m0/s1. The van der Waals surface area contributed by atoms with Crippen LogP contribution in [0.4, 0.5) is 18.9 Å². The maximum Gasteiger partial charge on any atom is 0.417 e. The van der Waals surface area contributed by atoms with E-state index in [1.54, 1.807) is 0 Å². The minimum Gasteiger partial charge on any atom is -0.327 e. The normalized spacial score (nSPS) is 13.8. The number of nitrogens with one attached hydrogen (secondary N) is 3. The summed E-state index contributed by atoms with van der Waals surface area (Å²) in [5.41, 5.74) is -2.72. The third-order valence-electron chi connectivity index (χ3n) is 2.27. The zero-order valence-corrected chi connectivity index (χ0v) is 11.7. The van der Waals surface area contributed by atoms with E-state index >= 15 is 0 Å². The van der Waals surface area contributed by atoms with Crippen molar-refractivity contribution < 1.29 is 26.4 Å². The number of pyridine rings is 1. The van der Waals surface area contributed by atoms with Crippen LogP contribution in [0.1, 0.15) is 12.5 Å². The summed E-state index contributed by atoms with van der Waals surface area (Å²) < 4.78 is 61.3. The molecule has 0 bridgehead atoms. The first kappa shape index (κ1) is 17.2. The number of carbonyl (C=O) groups excluding carboxylic acids is 1. The van der Waals surface area contributed by atoms with Gasteiger partial charge in [-0.05, 0) is 13.0 Å². The Morgan fingerprint density at radius 2 is 1.95 bits per heavy atom. The number of hydrogen-bond acceptors (Lipinski definition) is 4. The van der Waals surface area contributed by atoms with Gasteiger partial charge in [-0.25, -0.2) is 13.1 Å². The van der Waals surface area contributed by atoms with E-state index in [9.17, 15) is 31.2 Å². The Bertz CT molecular complexity index is 696. The zero-order valence-electron chi connectivity index (χ0n) is 10.9. The predicted molar refractivity (Wildman–Crippen MR) is 68.1 cm³/mol. The van der Waals surface area contributed by atoms with Crippen LogP contribution >= 0.6 is 0 Å². The number of sulfonamides is 1. The molecule has 7 nitrogen and oxygen atoms in total. The fourth-order valence-electron chi connectivity index (χ4n) is 1.36. The average Bonchev–Trinajstić information content (AvgIpc) is 2.28. The molecule has 0 aliphatic carbocycles. The zero-order chi connectivity index (χ0) is 16.4. The molecule has 0 aliphatic rings. The van der Waals surface area contributed by atoms with Gasteiger partial charge in [0.05, 0.1) is 17.9 Å². The molecule has 0 spiro atoms. The minimum atomic E-state index is -4.69. The van der Waals surface area contributed by atoms with Gasteiger partial charge >= 0.3 is 6.18 Å². The van der Waals surface area contributed by atoms with Crippen molar-refractivity contribution in [1.29, 1.82) is 0 Å². The number of rotatable bonds is 4. The van der Waals surface area contributed by atoms with Gasteiger partial charge in [0.25, 0.3) is 5.56 Å². The predicted octanol–water partition coefficient (Wildman–Crippen LogP) is 0.270. The molecule has 1 atom stereocenters. The summed E-state index contributed by atoms with van der Waals surface area (Å²) in [5.74, 6) is -0.967. The number of aromatic nitrogens is 1. The molecule has 1 heterocycles. The van der Waals surface area contributed by atoms with Gasteiger partial charge in [0, 0.05) is 6.20 Å². The maximum absolute atomic E-state index is 12.5. The van der Waals surface area contributed by atoms with Gasteiger partial charge in [0.15, 0.2) is 0 Å². The van der Waals surface area contributed by atoms with Crippen LogP contribution in [-0.4, -0.2) is 31.6 Å². The van der Waals surface area contributed by atoms with Crippen LogP contribution in [0.3, 0.4) is 0 Å². The lowest BCUT2D eigenvalue weighted by atomic mass is 10.2. The quantitative estimate of drug-likeness (QED) is 0.737. The molecule has 0 aliphatic heterocycles. The van der Waals surface area contributed by atoms with Crippen LogP contribution in [0.15, 0.2) is 17.1 Å². The highest BCUT2D eigenvalue weighted by Gasteiger charge is 2.31. The number of anilines is 1. The first-order valence-corrected chi connectivity index (χ1v) is 7.37. The average molecular weight is 327 g/mol. The van der Waals surface area contributed by atoms with Crippen molar-refractivity contribution in [2.45, 2.75) is 19.1 Å².